The fraction of sp³-hybridized carbons (Fsp3) is 0.571. The number of halogens is 1. The summed E-state index contributed by atoms with van der Waals surface area (Å²) in [6, 6.07) is 4.88. The molecular weight excluding hydrogens is 231 g/mol. The smallest absolute Gasteiger partial charge is 0.146 e. The molecule has 1 heterocycles. The summed E-state index contributed by atoms with van der Waals surface area (Å²) < 4.78 is 14.0. The fourth-order valence-electron chi connectivity index (χ4n) is 2.47. The Morgan fingerprint density at radius 3 is 2.67 bits per heavy atom. The van der Waals surface area contributed by atoms with Gasteiger partial charge in [-0.3, -0.25) is 4.90 Å². The van der Waals surface area contributed by atoms with Crippen molar-refractivity contribution in [3.63, 3.8) is 0 Å². The molecule has 4 heteroatoms. The summed E-state index contributed by atoms with van der Waals surface area (Å²) in [6.45, 7) is 6.62. The molecule has 1 aromatic carbocycles. The van der Waals surface area contributed by atoms with Gasteiger partial charge in [0.15, 0.2) is 0 Å². The van der Waals surface area contributed by atoms with Crippen molar-refractivity contribution in [1.82, 2.24) is 4.90 Å². The number of hydrogen-bond acceptors (Lipinski definition) is 3. The van der Waals surface area contributed by atoms with Crippen LogP contribution in [0.5, 0.6) is 0 Å². The third kappa shape index (κ3) is 2.35. The molecule has 0 unspecified atom stereocenters. The van der Waals surface area contributed by atoms with Gasteiger partial charge in [0.05, 0.1) is 12.3 Å². The molecule has 0 radical (unpaired) electrons. The van der Waals surface area contributed by atoms with Gasteiger partial charge in [-0.15, -0.1) is 0 Å². The van der Waals surface area contributed by atoms with E-state index in [9.17, 15) is 9.50 Å². The lowest BCUT2D eigenvalue weighted by Gasteiger charge is -2.46. The Morgan fingerprint density at radius 1 is 1.33 bits per heavy atom. The standard InChI is InChI=1S/C14H21FN2O/c1-14(2)10-17(8-7-16(14)3)13-11(9-18)5-4-6-12(13)15/h4-6,18H,7-10H2,1-3H3. The van der Waals surface area contributed by atoms with Crippen LogP contribution in [0.4, 0.5) is 10.1 Å². The highest BCUT2D eigenvalue weighted by molar-refractivity contribution is 5.55. The van der Waals surface area contributed by atoms with E-state index in [-0.39, 0.29) is 18.0 Å². The van der Waals surface area contributed by atoms with Crippen LogP contribution in [-0.2, 0) is 6.61 Å². The van der Waals surface area contributed by atoms with Gasteiger partial charge in [-0.05, 0) is 27.0 Å². The van der Waals surface area contributed by atoms with E-state index < -0.39 is 0 Å². The van der Waals surface area contributed by atoms with Crippen LogP contribution in [-0.4, -0.2) is 42.2 Å². The molecule has 3 nitrogen and oxygen atoms in total. The Labute approximate surface area is 108 Å². The molecular formula is C14H21FN2O. The van der Waals surface area contributed by atoms with Crippen molar-refractivity contribution >= 4 is 5.69 Å². The molecule has 0 amide bonds. The van der Waals surface area contributed by atoms with E-state index in [1.165, 1.54) is 6.07 Å². The number of hydrogen-bond donors (Lipinski definition) is 1. The topological polar surface area (TPSA) is 26.7 Å². The fourth-order valence-corrected chi connectivity index (χ4v) is 2.47. The quantitative estimate of drug-likeness (QED) is 0.870. The summed E-state index contributed by atoms with van der Waals surface area (Å²) >= 11 is 0. The molecule has 0 bridgehead atoms. The first-order valence-corrected chi connectivity index (χ1v) is 6.30. The summed E-state index contributed by atoms with van der Waals surface area (Å²) in [5.74, 6) is -0.248. The number of rotatable bonds is 2. The van der Waals surface area contributed by atoms with E-state index in [4.69, 9.17) is 0 Å². The number of anilines is 1. The van der Waals surface area contributed by atoms with Crippen LogP contribution in [0.3, 0.4) is 0 Å². The van der Waals surface area contributed by atoms with Crippen molar-refractivity contribution in [3.8, 4) is 0 Å². The number of benzene rings is 1. The molecule has 0 saturated carbocycles. The van der Waals surface area contributed by atoms with E-state index >= 15 is 0 Å². The van der Waals surface area contributed by atoms with E-state index in [0.717, 1.165) is 19.6 Å². The van der Waals surface area contributed by atoms with Gasteiger partial charge in [-0.2, -0.15) is 0 Å². The molecule has 2 rings (SSSR count). The SMILES string of the molecule is CN1CCN(c2c(F)cccc2CO)CC1(C)C. The molecule has 100 valence electrons. The first-order valence-electron chi connectivity index (χ1n) is 6.30. The molecule has 1 saturated heterocycles. The second kappa shape index (κ2) is 4.86. The number of aliphatic hydroxyl groups is 1. The van der Waals surface area contributed by atoms with Crippen LogP contribution in [0, 0.1) is 5.82 Å². The Balaban J connectivity index is 2.33. The van der Waals surface area contributed by atoms with Gasteiger partial charge >= 0.3 is 0 Å². The maximum absolute atomic E-state index is 14.0. The second-order valence-corrected chi connectivity index (χ2v) is 5.56. The summed E-state index contributed by atoms with van der Waals surface area (Å²) in [7, 11) is 2.09. The zero-order valence-electron chi connectivity index (χ0n) is 11.3. The van der Waals surface area contributed by atoms with Crippen LogP contribution in [0.15, 0.2) is 18.2 Å². The van der Waals surface area contributed by atoms with Crippen LogP contribution in [0.2, 0.25) is 0 Å². The first-order chi connectivity index (χ1) is 8.45. The van der Waals surface area contributed by atoms with Crippen molar-refractivity contribution in [2.45, 2.75) is 26.0 Å². The van der Waals surface area contributed by atoms with Gasteiger partial charge < -0.3 is 10.0 Å². The lowest BCUT2D eigenvalue weighted by Crippen LogP contribution is -2.58. The highest BCUT2D eigenvalue weighted by Gasteiger charge is 2.32. The maximum atomic E-state index is 14.0. The monoisotopic (exact) mass is 252 g/mol. The van der Waals surface area contributed by atoms with Gasteiger partial charge in [0.2, 0.25) is 0 Å². The van der Waals surface area contributed by atoms with E-state index in [0.29, 0.717) is 11.3 Å². The molecule has 1 N–H and O–H groups in total. The highest BCUT2D eigenvalue weighted by Crippen LogP contribution is 2.29. The van der Waals surface area contributed by atoms with Gasteiger partial charge in [0.1, 0.15) is 5.82 Å². The zero-order chi connectivity index (χ0) is 13.3. The van der Waals surface area contributed by atoms with Gasteiger partial charge in [0.25, 0.3) is 0 Å². The second-order valence-electron chi connectivity index (χ2n) is 5.56. The summed E-state index contributed by atoms with van der Waals surface area (Å²) in [4.78, 5) is 4.32. The Hall–Kier alpha value is -1.13. The minimum atomic E-state index is -0.248. The average molecular weight is 252 g/mol. The zero-order valence-corrected chi connectivity index (χ0v) is 11.3. The molecule has 18 heavy (non-hydrogen) atoms. The third-order valence-corrected chi connectivity index (χ3v) is 3.87. The Morgan fingerprint density at radius 2 is 2.06 bits per heavy atom. The van der Waals surface area contributed by atoms with Crippen molar-refractivity contribution in [2.75, 3.05) is 31.6 Å². The largest absolute Gasteiger partial charge is 0.392 e. The maximum Gasteiger partial charge on any atom is 0.146 e. The Kier molecular flexibility index (Phi) is 3.59. The normalized spacial score (nSPS) is 20.2. The predicted octanol–water partition coefficient (Wildman–Crippen LogP) is 1.85. The number of nitrogens with zero attached hydrogens (tertiary/aromatic N) is 2. The van der Waals surface area contributed by atoms with Gasteiger partial charge in [0, 0.05) is 30.7 Å². The predicted molar refractivity (Wildman–Crippen MR) is 71.2 cm³/mol. The van der Waals surface area contributed by atoms with Crippen LogP contribution >= 0.6 is 0 Å². The first kappa shape index (κ1) is 13.3. The van der Waals surface area contributed by atoms with Gasteiger partial charge in [-0.25, -0.2) is 4.39 Å². The molecule has 1 aliphatic heterocycles. The van der Waals surface area contributed by atoms with Gasteiger partial charge in [-0.1, -0.05) is 12.1 Å². The van der Waals surface area contributed by atoms with Crippen molar-refractivity contribution in [2.24, 2.45) is 0 Å². The average Bonchev–Trinajstić information content (AvgIpc) is 2.32. The number of aliphatic hydroxyl groups excluding tert-OH is 1. The van der Waals surface area contributed by atoms with Crippen LogP contribution in [0.1, 0.15) is 19.4 Å². The molecule has 0 spiro atoms. The molecule has 1 aliphatic rings. The summed E-state index contributed by atoms with van der Waals surface area (Å²) in [5, 5.41) is 9.35. The van der Waals surface area contributed by atoms with E-state index in [1.54, 1.807) is 12.1 Å². The highest BCUT2D eigenvalue weighted by atomic mass is 19.1. The van der Waals surface area contributed by atoms with E-state index in [2.05, 4.69) is 25.8 Å². The van der Waals surface area contributed by atoms with Crippen molar-refractivity contribution < 1.29 is 9.50 Å². The molecule has 0 aliphatic carbocycles. The third-order valence-electron chi connectivity index (χ3n) is 3.87. The summed E-state index contributed by atoms with van der Waals surface area (Å²) in [6.07, 6.45) is 0. The molecule has 1 aromatic rings. The Bertz CT molecular complexity index is 434. The van der Waals surface area contributed by atoms with Crippen molar-refractivity contribution in [3.05, 3.63) is 29.6 Å². The lowest BCUT2D eigenvalue weighted by molar-refractivity contribution is 0.138. The molecule has 1 fully saturated rings. The number of piperazine rings is 1. The number of para-hydroxylation sites is 1. The van der Waals surface area contributed by atoms with Crippen LogP contribution < -0.4 is 4.90 Å². The molecule has 0 atom stereocenters. The lowest BCUT2D eigenvalue weighted by atomic mass is 9.98. The summed E-state index contributed by atoms with van der Waals surface area (Å²) in [5.41, 5.74) is 1.23. The van der Waals surface area contributed by atoms with Crippen molar-refractivity contribution in [1.29, 1.82) is 0 Å². The molecule has 0 aromatic heterocycles. The minimum Gasteiger partial charge on any atom is -0.392 e. The number of likely N-dealkylation sites (N-methyl/N-ethyl adjacent to an activating group) is 1. The minimum absolute atomic E-state index is 0.00720. The van der Waals surface area contributed by atoms with Crippen LogP contribution in [0.25, 0.3) is 0 Å². The van der Waals surface area contributed by atoms with E-state index in [1.807, 2.05) is 4.90 Å².